The van der Waals surface area contributed by atoms with Gasteiger partial charge < -0.3 is 14.8 Å². The molecule has 1 amide bonds. The normalized spacial score (nSPS) is 15.9. The number of aromatic nitrogens is 1. The largest absolute Gasteiger partial charge is 0.496 e. The van der Waals surface area contributed by atoms with Crippen LogP contribution in [0.3, 0.4) is 0 Å². The first-order valence-electron chi connectivity index (χ1n) is 8.03. The van der Waals surface area contributed by atoms with Gasteiger partial charge in [-0.25, -0.2) is 4.98 Å². The van der Waals surface area contributed by atoms with Crippen LogP contribution in [0, 0.1) is 6.92 Å². The van der Waals surface area contributed by atoms with Crippen molar-refractivity contribution in [3.8, 4) is 11.6 Å². The van der Waals surface area contributed by atoms with E-state index in [9.17, 15) is 18.0 Å². The molecule has 0 saturated carbocycles. The number of fused-ring (bicyclic) bond motifs is 1. The number of pyridine rings is 1. The molecule has 0 fully saturated rings. The van der Waals surface area contributed by atoms with Crippen LogP contribution in [-0.4, -0.2) is 24.6 Å². The number of hydrogen-bond donors (Lipinski definition) is 1. The zero-order chi connectivity index (χ0) is 19.8. The predicted molar refractivity (Wildman–Crippen MR) is 92.1 cm³/mol. The lowest BCUT2D eigenvalue weighted by molar-refractivity contribution is -0.137. The first kappa shape index (κ1) is 19.3. The van der Waals surface area contributed by atoms with Crippen LogP contribution in [0.4, 0.5) is 13.2 Å². The molecule has 144 valence electrons. The van der Waals surface area contributed by atoms with Gasteiger partial charge in [-0.1, -0.05) is 23.7 Å². The second kappa shape index (κ2) is 7.26. The molecule has 0 spiro atoms. The van der Waals surface area contributed by atoms with Gasteiger partial charge in [-0.15, -0.1) is 0 Å². The molecule has 0 saturated heterocycles. The van der Waals surface area contributed by atoms with Gasteiger partial charge in [0.1, 0.15) is 12.4 Å². The Balaban J connectivity index is 1.78. The lowest BCUT2D eigenvalue weighted by Gasteiger charge is -2.16. The molecule has 0 radical (unpaired) electrons. The van der Waals surface area contributed by atoms with Crippen molar-refractivity contribution < 1.29 is 27.4 Å². The molecule has 3 rings (SSSR count). The minimum atomic E-state index is -4.58. The fourth-order valence-corrected chi connectivity index (χ4v) is 3.24. The summed E-state index contributed by atoms with van der Waals surface area (Å²) in [5.41, 5.74) is 0.433. The Labute approximate surface area is 158 Å². The number of alkyl halides is 3. The molecule has 1 N–H and O–H groups in total. The molecule has 1 aromatic carbocycles. The molecule has 1 aliphatic heterocycles. The number of carbonyl (C=O) groups is 1. The SMILES string of the molecule is COc1cc(C)nc2c1C(NC(=O)Cc1cccc(C(F)(F)F)c1Cl)CO2. The van der Waals surface area contributed by atoms with E-state index in [0.717, 1.165) is 6.07 Å². The molecule has 9 heteroatoms. The summed E-state index contributed by atoms with van der Waals surface area (Å²) in [6.45, 7) is 1.94. The number of benzene rings is 1. The quantitative estimate of drug-likeness (QED) is 0.846. The summed E-state index contributed by atoms with van der Waals surface area (Å²) in [5, 5.41) is 2.27. The number of halogens is 4. The Hall–Kier alpha value is -2.48. The van der Waals surface area contributed by atoms with E-state index in [1.54, 1.807) is 13.0 Å². The third kappa shape index (κ3) is 3.95. The van der Waals surface area contributed by atoms with E-state index in [0.29, 0.717) is 22.9 Å². The highest BCUT2D eigenvalue weighted by atomic mass is 35.5. The second-order valence-corrected chi connectivity index (χ2v) is 6.45. The fraction of sp³-hybridized carbons (Fsp3) is 0.333. The van der Waals surface area contributed by atoms with Crippen molar-refractivity contribution in [3.63, 3.8) is 0 Å². The van der Waals surface area contributed by atoms with Crippen LogP contribution in [0.1, 0.15) is 28.4 Å². The Kier molecular flexibility index (Phi) is 5.19. The molecule has 5 nitrogen and oxygen atoms in total. The first-order valence-corrected chi connectivity index (χ1v) is 8.40. The van der Waals surface area contributed by atoms with E-state index in [-0.39, 0.29) is 18.6 Å². The first-order chi connectivity index (χ1) is 12.7. The number of hydrogen-bond acceptors (Lipinski definition) is 4. The summed E-state index contributed by atoms with van der Waals surface area (Å²) in [5.74, 6) is 0.409. The van der Waals surface area contributed by atoms with Gasteiger partial charge in [0.2, 0.25) is 11.8 Å². The zero-order valence-corrected chi connectivity index (χ0v) is 15.2. The number of amides is 1. The Morgan fingerprint density at radius 3 is 2.85 bits per heavy atom. The smallest absolute Gasteiger partial charge is 0.417 e. The molecular weight excluding hydrogens is 385 g/mol. The van der Waals surface area contributed by atoms with E-state index in [1.165, 1.54) is 19.2 Å². The summed E-state index contributed by atoms with van der Waals surface area (Å²) in [7, 11) is 1.49. The molecule has 1 aliphatic rings. The molecule has 27 heavy (non-hydrogen) atoms. The molecule has 2 heterocycles. The number of nitrogens with zero attached hydrogens (tertiary/aromatic N) is 1. The van der Waals surface area contributed by atoms with Crippen molar-refractivity contribution >= 4 is 17.5 Å². The third-order valence-corrected chi connectivity index (χ3v) is 4.59. The van der Waals surface area contributed by atoms with Gasteiger partial charge in [0, 0.05) is 11.8 Å². The van der Waals surface area contributed by atoms with Crippen molar-refractivity contribution in [1.29, 1.82) is 0 Å². The molecule has 0 aliphatic carbocycles. The number of carbonyl (C=O) groups excluding carboxylic acids is 1. The van der Waals surface area contributed by atoms with Crippen molar-refractivity contribution in [2.75, 3.05) is 13.7 Å². The van der Waals surface area contributed by atoms with Gasteiger partial charge in [0.15, 0.2) is 0 Å². The van der Waals surface area contributed by atoms with E-state index in [1.807, 2.05) is 0 Å². The van der Waals surface area contributed by atoms with Crippen LogP contribution in [0.25, 0.3) is 0 Å². The fourth-order valence-electron chi connectivity index (χ4n) is 2.94. The summed E-state index contributed by atoms with van der Waals surface area (Å²) < 4.78 is 49.7. The number of rotatable bonds is 4. The molecule has 1 unspecified atom stereocenters. The van der Waals surface area contributed by atoms with Crippen LogP contribution < -0.4 is 14.8 Å². The Morgan fingerprint density at radius 2 is 2.19 bits per heavy atom. The number of ether oxygens (including phenoxy) is 2. The van der Waals surface area contributed by atoms with E-state index >= 15 is 0 Å². The second-order valence-electron chi connectivity index (χ2n) is 6.07. The predicted octanol–water partition coefficient (Wildman–Crippen LogP) is 3.86. The van der Waals surface area contributed by atoms with Crippen molar-refractivity contribution in [1.82, 2.24) is 10.3 Å². The maximum Gasteiger partial charge on any atom is 0.417 e. The molecule has 0 bridgehead atoms. The van der Waals surface area contributed by atoms with Gasteiger partial charge in [0.25, 0.3) is 0 Å². The minimum Gasteiger partial charge on any atom is -0.496 e. The van der Waals surface area contributed by atoms with Crippen LogP contribution in [0.2, 0.25) is 5.02 Å². The highest BCUT2D eigenvalue weighted by Crippen LogP contribution is 2.39. The molecule has 2 aromatic rings. The summed E-state index contributed by atoms with van der Waals surface area (Å²) in [6, 6.07) is 4.70. The van der Waals surface area contributed by atoms with Crippen LogP contribution >= 0.6 is 11.6 Å². The minimum absolute atomic E-state index is 0.0946. The number of nitrogens with one attached hydrogen (secondary N) is 1. The average Bonchev–Trinajstić information content (AvgIpc) is 2.97. The van der Waals surface area contributed by atoms with Gasteiger partial charge in [-0.2, -0.15) is 13.2 Å². The lowest BCUT2D eigenvalue weighted by atomic mass is 10.1. The van der Waals surface area contributed by atoms with Crippen LogP contribution in [0.15, 0.2) is 24.3 Å². The lowest BCUT2D eigenvalue weighted by Crippen LogP contribution is -2.31. The number of methoxy groups -OCH3 is 1. The van der Waals surface area contributed by atoms with Gasteiger partial charge >= 0.3 is 6.18 Å². The van der Waals surface area contributed by atoms with Crippen molar-refractivity contribution in [3.05, 3.63) is 51.7 Å². The molecular formula is C18H16ClF3N2O3. The standard InChI is InChI=1S/C18H16ClF3N2O3/c1-9-6-13(26-2)15-12(8-27-17(15)23-9)24-14(25)7-10-4-3-5-11(16(10)19)18(20,21)22/h3-6,12H,7-8H2,1-2H3,(H,24,25). The maximum absolute atomic E-state index is 13.0. The Bertz CT molecular complexity index is 887. The Morgan fingerprint density at radius 1 is 1.44 bits per heavy atom. The average molecular weight is 401 g/mol. The maximum atomic E-state index is 13.0. The summed E-state index contributed by atoms with van der Waals surface area (Å²) >= 11 is 5.85. The van der Waals surface area contributed by atoms with E-state index in [2.05, 4.69) is 10.3 Å². The van der Waals surface area contributed by atoms with Crippen LogP contribution in [-0.2, 0) is 17.4 Å². The highest BCUT2D eigenvalue weighted by molar-refractivity contribution is 6.32. The van der Waals surface area contributed by atoms with Gasteiger partial charge in [-0.3, -0.25) is 4.79 Å². The van der Waals surface area contributed by atoms with Gasteiger partial charge in [0.05, 0.1) is 35.7 Å². The van der Waals surface area contributed by atoms with E-state index in [4.69, 9.17) is 21.1 Å². The summed E-state index contributed by atoms with van der Waals surface area (Å²) in [6.07, 6.45) is -4.88. The third-order valence-electron chi connectivity index (χ3n) is 4.14. The zero-order valence-electron chi connectivity index (χ0n) is 14.5. The number of aryl methyl sites for hydroxylation is 1. The van der Waals surface area contributed by atoms with Gasteiger partial charge in [-0.05, 0) is 18.6 Å². The molecule has 1 atom stereocenters. The highest BCUT2D eigenvalue weighted by Gasteiger charge is 2.35. The van der Waals surface area contributed by atoms with Crippen LogP contribution in [0.5, 0.6) is 11.6 Å². The van der Waals surface area contributed by atoms with Crippen molar-refractivity contribution in [2.45, 2.75) is 25.6 Å². The summed E-state index contributed by atoms with van der Waals surface area (Å²) in [4.78, 5) is 16.6. The topological polar surface area (TPSA) is 60.5 Å². The monoisotopic (exact) mass is 400 g/mol. The van der Waals surface area contributed by atoms with Crippen molar-refractivity contribution in [2.24, 2.45) is 0 Å². The van der Waals surface area contributed by atoms with E-state index < -0.39 is 28.7 Å². The molecule has 1 aromatic heterocycles.